The maximum atomic E-state index is 13.7. The van der Waals surface area contributed by atoms with Crippen LogP contribution in [0.1, 0.15) is 37.0 Å². The minimum Gasteiger partial charge on any atom is -0.352 e. The molecule has 0 heterocycles. The van der Waals surface area contributed by atoms with Crippen LogP contribution in [0.5, 0.6) is 0 Å². The molecule has 0 fully saturated rings. The van der Waals surface area contributed by atoms with Crippen LogP contribution in [0.3, 0.4) is 0 Å². The number of halogens is 2. The molecule has 34 heavy (non-hydrogen) atoms. The molecule has 0 spiro atoms. The van der Waals surface area contributed by atoms with Gasteiger partial charge in [-0.2, -0.15) is 0 Å². The number of nitrogens with one attached hydrogen (secondary N) is 1. The van der Waals surface area contributed by atoms with Gasteiger partial charge in [-0.05, 0) is 54.3 Å². The number of hydrogen-bond donors (Lipinski definition) is 1. The summed E-state index contributed by atoms with van der Waals surface area (Å²) in [6.07, 6.45) is 1.35. The summed E-state index contributed by atoms with van der Waals surface area (Å²) in [4.78, 5) is 28.8. The van der Waals surface area contributed by atoms with E-state index in [-0.39, 0.29) is 30.8 Å². The normalized spacial score (nSPS) is 12.6. The fourth-order valence-corrected chi connectivity index (χ4v) is 4.18. The fourth-order valence-electron chi connectivity index (χ4n) is 3.75. The third kappa shape index (κ3) is 7.61. The van der Waals surface area contributed by atoms with E-state index in [0.29, 0.717) is 16.5 Å². The highest BCUT2D eigenvalue weighted by Crippen LogP contribution is 2.20. The zero-order valence-corrected chi connectivity index (χ0v) is 21.0. The summed E-state index contributed by atoms with van der Waals surface area (Å²) in [6.45, 7) is 4.25. The van der Waals surface area contributed by atoms with Gasteiger partial charge in [-0.3, -0.25) is 9.59 Å². The van der Waals surface area contributed by atoms with Crippen LogP contribution in [0, 0.1) is 0 Å². The molecule has 1 N–H and O–H groups in total. The summed E-state index contributed by atoms with van der Waals surface area (Å²) in [5.41, 5.74) is 2.65. The van der Waals surface area contributed by atoms with Crippen molar-refractivity contribution < 1.29 is 9.59 Å². The average Bonchev–Trinajstić information content (AvgIpc) is 2.81. The molecule has 3 rings (SSSR count). The lowest BCUT2D eigenvalue weighted by Gasteiger charge is -2.32. The lowest BCUT2D eigenvalue weighted by Crippen LogP contribution is -2.52. The van der Waals surface area contributed by atoms with E-state index in [4.69, 9.17) is 23.2 Å². The Bertz CT molecular complexity index is 1100. The number of benzene rings is 3. The summed E-state index contributed by atoms with van der Waals surface area (Å²) in [5.74, 6) is -0.317. The number of hydrogen-bond acceptors (Lipinski definition) is 2. The van der Waals surface area contributed by atoms with Crippen molar-refractivity contribution in [2.75, 3.05) is 0 Å². The molecule has 4 nitrogen and oxygen atoms in total. The lowest BCUT2D eigenvalue weighted by molar-refractivity contribution is -0.141. The number of amides is 2. The van der Waals surface area contributed by atoms with Gasteiger partial charge in [-0.25, -0.2) is 0 Å². The highest BCUT2D eigenvalue weighted by molar-refractivity contribution is 6.30. The maximum Gasteiger partial charge on any atom is 0.243 e. The van der Waals surface area contributed by atoms with Crippen molar-refractivity contribution in [1.29, 1.82) is 0 Å². The molecule has 0 aliphatic carbocycles. The second kappa shape index (κ2) is 12.6. The van der Waals surface area contributed by atoms with Crippen molar-refractivity contribution in [2.24, 2.45) is 0 Å². The first kappa shape index (κ1) is 25.8. The summed E-state index contributed by atoms with van der Waals surface area (Å²) >= 11 is 12.4. The topological polar surface area (TPSA) is 49.4 Å². The van der Waals surface area contributed by atoms with E-state index in [1.54, 1.807) is 23.1 Å². The van der Waals surface area contributed by atoms with Crippen LogP contribution in [0.4, 0.5) is 0 Å². The van der Waals surface area contributed by atoms with Crippen molar-refractivity contribution in [3.8, 4) is 0 Å². The molecule has 0 aromatic heterocycles. The van der Waals surface area contributed by atoms with Gasteiger partial charge in [-0.1, -0.05) is 84.7 Å². The predicted octanol–water partition coefficient (Wildman–Crippen LogP) is 6.09. The molecule has 0 saturated carbocycles. The summed E-state index contributed by atoms with van der Waals surface area (Å²) in [7, 11) is 0. The van der Waals surface area contributed by atoms with E-state index in [1.807, 2.05) is 74.5 Å². The Labute approximate surface area is 211 Å². The number of carbonyl (C=O) groups excluding carboxylic acids is 2. The lowest BCUT2D eigenvalue weighted by atomic mass is 10.0. The van der Waals surface area contributed by atoms with E-state index in [0.717, 1.165) is 23.1 Å². The number of carbonyl (C=O) groups is 2. The summed E-state index contributed by atoms with van der Waals surface area (Å²) in [5, 5.41) is 4.23. The van der Waals surface area contributed by atoms with Gasteiger partial charge in [0.15, 0.2) is 0 Å². The van der Waals surface area contributed by atoms with Crippen molar-refractivity contribution in [3.63, 3.8) is 0 Å². The molecule has 0 unspecified atom stereocenters. The Kier molecular flexibility index (Phi) is 9.55. The highest BCUT2D eigenvalue weighted by Gasteiger charge is 2.31. The minimum absolute atomic E-state index is 0.00169. The highest BCUT2D eigenvalue weighted by atomic mass is 35.5. The first-order chi connectivity index (χ1) is 16.4. The van der Waals surface area contributed by atoms with Crippen LogP contribution < -0.4 is 5.32 Å². The predicted molar refractivity (Wildman–Crippen MR) is 139 cm³/mol. The van der Waals surface area contributed by atoms with Gasteiger partial charge in [0.1, 0.15) is 6.04 Å². The van der Waals surface area contributed by atoms with Crippen LogP contribution in [0.15, 0.2) is 78.9 Å². The van der Waals surface area contributed by atoms with E-state index < -0.39 is 6.04 Å². The fraction of sp³-hybridized carbons (Fsp3) is 0.286. The molecular formula is C28H30Cl2N2O2. The zero-order chi connectivity index (χ0) is 24.5. The van der Waals surface area contributed by atoms with E-state index in [9.17, 15) is 9.59 Å². The molecule has 0 aliphatic heterocycles. The Balaban J connectivity index is 1.97. The van der Waals surface area contributed by atoms with Crippen molar-refractivity contribution in [2.45, 2.75) is 51.7 Å². The van der Waals surface area contributed by atoms with Crippen LogP contribution >= 0.6 is 23.2 Å². The van der Waals surface area contributed by atoms with E-state index in [2.05, 4.69) is 5.32 Å². The van der Waals surface area contributed by atoms with Gasteiger partial charge in [0, 0.05) is 29.1 Å². The van der Waals surface area contributed by atoms with Crippen LogP contribution in [0.2, 0.25) is 10.0 Å². The molecule has 178 valence electrons. The Morgan fingerprint density at radius 1 is 0.853 bits per heavy atom. The van der Waals surface area contributed by atoms with Crippen LogP contribution in [0.25, 0.3) is 0 Å². The number of rotatable bonds is 10. The van der Waals surface area contributed by atoms with Gasteiger partial charge >= 0.3 is 0 Å². The summed E-state index contributed by atoms with van der Waals surface area (Å²) < 4.78 is 0. The summed E-state index contributed by atoms with van der Waals surface area (Å²) in [6, 6.07) is 23.7. The molecule has 0 aliphatic rings. The second-order valence-corrected chi connectivity index (χ2v) is 9.35. The average molecular weight is 497 g/mol. The third-order valence-electron chi connectivity index (χ3n) is 5.76. The monoisotopic (exact) mass is 496 g/mol. The van der Waals surface area contributed by atoms with Gasteiger partial charge in [0.05, 0.1) is 6.42 Å². The van der Waals surface area contributed by atoms with Gasteiger partial charge in [0.25, 0.3) is 0 Å². The van der Waals surface area contributed by atoms with Crippen molar-refractivity contribution in [3.05, 3.63) is 106 Å². The molecule has 0 radical (unpaired) electrons. The molecule has 2 atom stereocenters. The van der Waals surface area contributed by atoms with Gasteiger partial charge in [-0.15, -0.1) is 0 Å². The quantitative estimate of drug-likeness (QED) is 0.369. The molecular weight excluding hydrogens is 467 g/mol. The zero-order valence-electron chi connectivity index (χ0n) is 19.5. The first-order valence-electron chi connectivity index (χ1n) is 11.5. The Hall–Kier alpha value is -2.82. The standard InChI is InChI=1S/C28H30Cl2N2O2/c1-3-20(2)31-28(34)26(17-21-9-5-4-6-10-21)32(19-23-12-8-14-25(30)16-23)27(33)18-22-11-7-13-24(29)15-22/h4-16,20,26H,3,17-19H2,1-2H3,(H,31,34)/t20-,26-/m0/s1. The molecule has 3 aromatic carbocycles. The van der Waals surface area contributed by atoms with E-state index in [1.165, 1.54) is 0 Å². The van der Waals surface area contributed by atoms with Crippen LogP contribution in [-0.4, -0.2) is 28.8 Å². The van der Waals surface area contributed by atoms with Crippen molar-refractivity contribution >= 4 is 35.0 Å². The molecule has 6 heteroatoms. The maximum absolute atomic E-state index is 13.7. The minimum atomic E-state index is -0.679. The molecule has 0 saturated heterocycles. The van der Waals surface area contributed by atoms with Crippen LogP contribution in [-0.2, 0) is 29.0 Å². The Morgan fingerprint density at radius 2 is 1.44 bits per heavy atom. The number of nitrogens with zero attached hydrogens (tertiary/aromatic N) is 1. The van der Waals surface area contributed by atoms with Crippen molar-refractivity contribution in [1.82, 2.24) is 10.2 Å². The SMILES string of the molecule is CC[C@H](C)NC(=O)[C@H](Cc1ccccc1)N(Cc1cccc(Cl)c1)C(=O)Cc1cccc(Cl)c1. The Morgan fingerprint density at radius 3 is 2.06 bits per heavy atom. The smallest absolute Gasteiger partial charge is 0.243 e. The first-order valence-corrected chi connectivity index (χ1v) is 12.2. The van der Waals surface area contributed by atoms with Gasteiger partial charge in [0.2, 0.25) is 11.8 Å². The van der Waals surface area contributed by atoms with E-state index >= 15 is 0 Å². The molecule has 2 amide bonds. The largest absolute Gasteiger partial charge is 0.352 e. The molecule has 3 aromatic rings. The molecule has 0 bridgehead atoms. The second-order valence-electron chi connectivity index (χ2n) is 8.48. The third-order valence-corrected chi connectivity index (χ3v) is 6.23. The van der Waals surface area contributed by atoms with Gasteiger partial charge < -0.3 is 10.2 Å².